The van der Waals surface area contributed by atoms with Gasteiger partial charge in [-0.15, -0.1) is 0 Å². The minimum atomic E-state index is -3.76. The number of sulfonamides is 1. The predicted octanol–water partition coefficient (Wildman–Crippen LogP) is 3.07. The largest absolute Gasteiger partial charge is 0.496 e. The van der Waals surface area contributed by atoms with E-state index in [1.165, 1.54) is 7.11 Å². The van der Waals surface area contributed by atoms with Gasteiger partial charge in [-0.2, -0.15) is 0 Å². The Hall–Kier alpha value is -2.09. The van der Waals surface area contributed by atoms with Gasteiger partial charge in [-0.3, -0.25) is 0 Å². The fourth-order valence-electron chi connectivity index (χ4n) is 2.62. The van der Waals surface area contributed by atoms with Crippen LogP contribution in [0.1, 0.15) is 24.2 Å². The van der Waals surface area contributed by atoms with Gasteiger partial charge in [-0.05, 0) is 37.6 Å². The Morgan fingerprint density at radius 2 is 1.81 bits per heavy atom. The molecule has 0 radical (unpaired) electrons. The van der Waals surface area contributed by atoms with E-state index in [9.17, 15) is 8.42 Å². The smallest absolute Gasteiger partial charge is 0.244 e. The molecule has 26 heavy (non-hydrogen) atoms. The first-order valence-corrected chi connectivity index (χ1v) is 9.80. The molecule has 0 aliphatic heterocycles. The van der Waals surface area contributed by atoms with Gasteiger partial charge in [0.05, 0.1) is 19.8 Å². The number of ether oxygens (including phenoxy) is 3. The van der Waals surface area contributed by atoms with Crippen LogP contribution in [0.5, 0.6) is 11.5 Å². The summed E-state index contributed by atoms with van der Waals surface area (Å²) in [6, 6.07) is 12.4. The van der Waals surface area contributed by atoms with Crippen LogP contribution >= 0.6 is 0 Å². The molecule has 1 unspecified atom stereocenters. The first-order valence-electron chi connectivity index (χ1n) is 8.31. The summed E-state index contributed by atoms with van der Waals surface area (Å²) in [4.78, 5) is 0.120. The Morgan fingerprint density at radius 3 is 2.46 bits per heavy atom. The molecule has 0 spiro atoms. The van der Waals surface area contributed by atoms with Crippen LogP contribution in [0.15, 0.2) is 47.4 Å². The molecule has 1 atom stereocenters. The molecule has 0 aliphatic rings. The quantitative estimate of drug-likeness (QED) is 0.725. The third kappa shape index (κ3) is 4.75. The molecule has 0 heterocycles. The number of nitrogens with one attached hydrogen (secondary N) is 1. The molecule has 7 heteroatoms. The van der Waals surface area contributed by atoms with Gasteiger partial charge in [0.15, 0.2) is 0 Å². The van der Waals surface area contributed by atoms with Crippen LogP contribution in [0.4, 0.5) is 0 Å². The number of hydrogen-bond acceptors (Lipinski definition) is 5. The fourth-order valence-corrected chi connectivity index (χ4v) is 3.88. The highest BCUT2D eigenvalue weighted by molar-refractivity contribution is 7.89. The molecule has 0 fully saturated rings. The van der Waals surface area contributed by atoms with Crippen molar-refractivity contribution in [2.24, 2.45) is 0 Å². The van der Waals surface area contributed by atoms with E-state index in [0.717, 1.165) is 11.1 Å². The summed E-state index contributed by atoms with van der Waals surface area (Å²) in [5, 5.41) is 0. The normalized spacial score (nSPS) is 12.6. The summed E-state index contributed by atoms with van der Waals surface area (Å²) in [7, 11) is -0.666. The Bertz CT molecular complexity index is 836. The van der Waals surface area contributed by atoms with Crippen molar-refractivity contribution in [3.05, 3.63) is 53.6 Å². The van der Waals surface area contributed by atoms with E-state index in [1.807, 2.05) is 44.2 Å². The predicted molar refractivity (Wildman–Crippen MR) is 100 cm³/mol. The lowest BCUT2D eigenvalue weighted by Crippen LogP contribution is -2.30. The fraction of sp³-hybridized carbons (Fsp3) is 0.368. The van der Waals surface area contributed by atoms with Crippen LogP contribution in [-0.2, 0) is 14.8 Å². The average molecular weight is 379 g/mol. The first-order chi connectivity index (χ1) is 12.4. The summed E-state index contributed by atoms with van der Waals surface area (Å²) < 4.78 is 44.5. The zero-order valence-corrected chi connectivity index (χ0v) is 16.3. The lowest BCUT2D eigenvalue weighted by Gasteiger charge is -2.19. The molecule has 0 aliphatic carbocycles. The number of methoxy groups -OCH3 is 2. The van der Waals surface area contributed by atoms with Gasteiger partial charge in [0.25, 0.3) is 0 Å². The molecule has 0 bridgehead atoms. The van der Waals surface area contributed by atoms with Gasteiger partial charge < -0.3 is 14.2 Å². The van der Waals surface area contributed by atoms with Crippen molar-refractivity contribution in [1.82, 2.24) is 4.72 Å². The SMILES string of the molecule is CCOc1ccc(C)cc1S(=O)(=O)NCC(OC)c1ccccc1OC. The zero-order valence-electron chi connectivity index (χ0n) is 15.5. The molecule has 2 rings (SSSR count). The lowest BCUT2D eigenvalue weighted by atomic mass is 10.1. The van der Waals surface area contributed by atoms with Crippen molar-refractivity contribution < 1.29 is 22.6 Å². The molecule has 2 aromatic carbocycles. The van der Waals surface area contributed by atoms with E-state index < -0.39 is 16.1 Å². The number of rotatable bonds is 9. The molecule has 2 aromatic rings. The Labute approximate surface area is 155 Å². The van der Waals surface area contributed by atoms with E-state index in [2.05, 4.69) is 4.72 Å². The third-order valence-corrected chi connectivity index (χ3v) is 5.36. The van der Waals surface area contributed by atoms with Crippen molar-refractivity contribution in [3.8, 4) is 11.5 Å². The van der Waals surface area contributed by atoms with Crippen LogP contribution in [0, 0.1) is 6.92 Å². The van der Waals surface area contributed by atoms with E-state index >= 15 is 0 Å². The summed E-state index contributed by atoms with van der Waals surface area (Å²) in [6.45, 7) is 4.10. The van der Waals surface area contributed by atoms with Crippen LogP contribution in [-0.4, -0.2) is 35.8 Å². The van der Waals surface area contributed by atoms with Crippen LogP contribution in [0.3, 0.4) is 0 Å². The molecule has 0 saturated carbocycles. The van der Waals surface area contributed by atoms with E-state index in [0.29, 0.717) is 18.1 Å². The van der Waals surface area contributed by atoms with Crippen molar-refractivity contribution in [3.63, 3.8) is 0 Å². The number of hydrogen-bond donors (Lipinski definition) is 1. The molecule has 142 valence electrons. The number of aryl methyl sites for hydroxylation is 1. The Kier molecular flexibility index (Phi) is 7.02. The molecule has 0 saturated heterocycles. The van der Waals surface area contributed by atoms with Crippen molar-refractivity contribution in [2.45, 2.75) is 24.8 Å². The van der Waals surface area contributed by atoms with Crippen LogP contribution in [0.2, 0.25) is 0 Å². The van der Waals surface area contributed by atoms with Crippen LogP contribution < -0.4 is 14.2 Å². The standard InChI is InChI=1S/C19H25NO5S/c1-5-25-17-11-10-14(2)12-19(17)26(21,22)20-13-18(24-4)15-8-6-7-9-16(15)23-3/h6-12,18,20H,5,13H2,1-4H3. The topological polar surface area (TPSA) is 73.9 Å². The highest BCUT2D eigenvalue weighted by Crippen LogP contribution is 2.28. The van der Waals surface area contributed by atoms with Gasteiger partial charge in [0.1, 0.15) is 16.4 Å². The second-order valence-electron chi connectivity index (χ2n) is 5.70. The second-order valence-corrected chi connectivity index (χ2v) is 7.44. The molecular weight excluding hydrogens is 354 g/mol. The maximum Gasteiger partial charge on any atom is 0.244 e. The minimum absolute atomic E-state index is 0.0682. The summed E-state index contributed by atoms with van der Waals surface area (Å²) >= 11 is 0. The second kappa shape index (κ2) is 9.02. The third-order valence-electron chi connectivity index (χ3n) is 3.92. The molecule has 1 N–H and O–H groups in total. The first kappa shape index (κ1) is 20.2. The van der Waals surface area contributed by atoms with Gasteiger partial charge in [-0.1, -0.05) is 24.3 Å². The number of benzene rings is 2. The van der Waals surface area contributed by atoms with Gasteiger partial charge >= 0.3 is 0 Å². The van der Waals surface area contributed by atoms with Crippen LogP contribution in [0.25, 0.3) is 0 Å². The monoisotopic (exact) mass is 379 g/mol. The molecule has 6 nitrogen and oxygen atoms in total. The summed E-state index contributed by atoms with van der Waals surface area (Å²) in [5.74, 6) is 0.973. The Balaban J connectivity index is 2.25. The summed E-state index contributed by atoms with van der Waals surface area (Å²) in [5.41, 5.74) is 1.61. The lowest BCUT2D eigenvalue weighted by molar-refractivity contribution is 0.105. The van der Waals surface area contributed by atoms with Crippen molar-refractivity contribution in [1.29, 1.82) is 0 Å². The average Bonchev–Trinajstić information content (AvgIpc) is 2.64. The molecular formula is C19H25NO5S. The van der Waals surface area contributed by atoms with Gasteiger partial charge in [0.2, 0.25) is 10.0 Å². The molecule has 0 amide bonds. The number of para-hydroxylation sites is 1. The maximum absolute atomic E-state index is 12.8. The molecule has 0 aromatic heterocycles. The van der Waals surface area contributed by atoms with E-state index in [1.54, 1.807) is 19.2 Å². The highest BCUT2D eigenvalue weighted by atomic mass is 32.2. The minimum Gasteiger partial charge on any atom is -0.496 e. The zero-order chi connectivity index (χ0) is 19.2. The van der Waals surface area contributed by atoms with Crippen molar-refractivity contribution >= 4 is 10.0 Å². The summed E-state index contributed by atoms with van der Waals surface area (Å²) in [6.07, 6.45) is -0.485. The van der Waals surface area contributed by atoms with E-state index in [-0.39, 0.29) is 11.4 Å². The maximum atomic E-state index is 12.8. The Morgan fingerprint density at radius 1 is 1.08 bits per heavy atom. The van der Waals surface area contributed by atoms with E-state index in [4.69, 9.17) is 14.2 Å². The van der Waals surface area contributed by atoms with Gasteiger partial charge in [-0.25, -0.2) is 13.1 Å². The van der Waals surface area contributed by atoms with Crippen molar-refractivity contribution in [2.75, 3.05) is 27.4 Å². The highest BCUT2D eigenvalue weighted by Gasteiger charge is 2.23. The van der Waals surface area contributed by atoms with Gasteiger partial charge in [0, 0.05) is 19.2 Å².